The van der Waals surface area contributed by atoms with Crippen LogP contribution < -0.4 is 0 Å². The van der Waals surface area contributed by atoms with Crippen LogP contribution in [0.4, 0.5) is 0 Å². The van der Waals surface area contributed by atoms with Gasteiger partial charge >= 0.3 is 5.97 Å². The van der Waals surface area contributed by atoms with Crippen molar-refractivity contribution < 1.29 is 9.53 Å². The molecule has 1 aliphatic rings. The molecule has 0 N–H and O–H groups in total. The molecular formula is C17H25ClINO2. The molecule has 0 saturated carbocycles. The van der Waals surface area contributed by atoms with E-state index in [-0.39, 0.29) is 24.5 Å². The molecule has 0 bridgehead atoms. The van der Waals surface area contributed by atoms with Crippen LogP contribution in [-0.4, -0.2) is 35.6 Å². The lowest BCUT2D eigenvalue weighted by atomic mass is 9.97. The summed E-state index contributed by atoms with van der Waals surface area (Å²) in [6.07, 6.45) is 3.69. The first kappa shape index (κ1) is 19.7. The van der Waals surface area contributed by atoms with E-state index in [1.807, 2.05) is 31.2 Å². The number of carbonyl (C=O) groups excluding carboxylic acids is 1. The van der Waals surface area contributed by atoms with Gasteiger partial charge in [-0.25, -0.2) is 4.79 Å². The fraction of sp³-hybridized carbons (Fsp3) is 0.588. The topological polar surface area (TPSA) is 29.5 Å². The quantitative estimate of drug-likeness (QED) is 0.512. The first-order valence-corrected chi connectivity index (χ1v) is 8.78. The molecule has 1 aliphatic heterocycles. The summed E-state index contributed by atoms with van der Waals surface area (Å²) in [6.45, 7) is 7.34. The number of hydrogen-bond acceptors (Lipinski definition) is 3. The lowest BCUT2D eigenvalue weighted by Crippen LogP contribution is -2.47. The normalized spacial score (nSPS) is 23.5. The van der Waals surface area contributed by atoms with E-state index >= 15 is 0 Å². The second kappa shape index (κ2) is 9.08. The van der Waals surface area contributed by atoms with Crippen molar-refractivity contribution >= 4 is 41.0 Å². The van der Waals surface area contributed by atoms with Gasteiger partial charge in [-0.2, -0.15) is 0 Å². The average Bonchev–Trinajstić information content (AvgIpc) is 2.43. The van der Waals surface area contributed by atoms with Crippen LogP contribution in [0.1, 0.15) is 50.4 Å². The van der Waals surface area contributed by atoms with Crippen molar-refractivity contribution in [2.75, 3.05) is 6.54 Å². The van der Waals surface area contributed by atoms with Gasteiger partial charge in [0.05, 0.1) is 5.56 Å². The fourth-order valence-corrected chi connectivity index (χ4v) is 3.65. The lowest BCUT2D eigenvalue weighted by molar-refractivity contribution is 0.00803. The SMILES string of the molecule is CC(CN1C(C)CCCC1C)OC(=O)c1ccccc1I.Cl. The molecule has 3 unspecified atom stereocenters. The summed E-state index contributed by atoms with van der Waals surface area (Å²) < 4.78 is 6.57. The Hall–Kier alpha value is -0.330. The third-order valence-corrected chi connectivity index (χ3v) is 5.19. The maximum absolute atomic E-state index is 12.2. The van der Waals surface area contributed by atoms with E-state index in [1.165, 1.54) is 19.3 Å². The van der Waals surface area contributed by atoms with Crippen LogP contribution in [0.25, 0.3) is 0 Å². The molecule has 5 heteroatoms. The van der Waals surface area contributed by atoms with Crippen LogP contribution in [0.15, 0.2) is 24.3 Å². The second-order valence-electron chi connectivity index (χ2n) is 6.02. The second-order valence-corrected chi connectivity index (χ2v) is 7.18. The lowest BCUT2D eigenvalue weighted by Gasteiger charge is -2.40. The predicted molar refractivity (Wildman–Crippen MR) is 101 cm³/mol. The third kappa shape index (κ3) is 5.10. The van der Waals surface area contributed by atoms with Crippen molar-refractivity contribution in [1.29, 1.82) is 0 Å². The zero-order valence-electron chi connectivity index (χ0n) is 13.4. The Morgan fingerprint density at radius 2 is 1.91 bits per heavy atom. The number of ether oxygens (including phenoxy) is 1. The van der Waals surface area contributed by atoms with E-state index in [0.717, 1.165) is 10.1 Å². The number of esters is 1. The zero-order valence-corrected chi connectivity index (χ0v) is 16.4. The van der Waals surface area contributed by atoms with Gasteiger partial charge < -0.3 is 4.74 Å². The smallest absolute Gasteiger partial charge is 0.339 e. The van der Waals surface area contributed by atoms with E-state index in [1.54, 1.807) is 0 Å². The van der Waals surface area contributed by atoms with E-state index in [0.29, 0.717) is 17.6 Å². The highest BCUT2D eigenvalue weighted by atomic mass is 127. The van der Waals surface area contributed by atoms with E-state index in [9.17, 15) is 4.79 Å². The molecule has 124 valence electrons. The van der Waals surface area contributed by atoms with Crippen LogP contribution in [0.3, 0.4) is 0 Å². The number of halogens is 2. The van der Waals surface area contributed by atoms with E-state index in [2.05, 4.69) is 41.3 Å². The molecule has 1 aromatic rings. The standard InChI is InChI=1S/C17H24INO2.ClH/c1-12-7-6-8-13(2)19(12)11-14(3)21-17(20)15-9-4-5-10-16(15)18;/h4-5,9-10,12-14H,6-8,11H2,1-3H3;1H. The van der Waals surface area contributed by atoms with Crippen LogP contribution in [0.5, 0.6) is 0 Å². The monoisotopic (exact) mass is 437 g/mol. The highest BCUT2D eigenvalue weighted by Crippen LogP contribution is 2.23. The van der Waals surface area contributed by atoms with Crippen molar-refractivity contribution in [1.82, 2.24) is 4.90 Å². The van der Waals surface area contributed by atoms with Crippen molar-refractivity contribution in [2.45, 2.75) is 58.2 Å². The van der Waals surface area contributed by atoms with Gasteiger partial charge in [0.25, 0.3) is 0 Å². The van der Waals surface area contributed by atoms with E-state index < -0.39 is 0 Å². The summed E-state index contributed by atoms with van der Waals surface area (Å²) in [7, 11) is 0. The first-order chi connectivity index (χ1) is 9.99. The zero-order chi connectivity index (χ0) is 15.4. The molecule has 0 radical (unpaired) electrons. The number of nitrogens with zero attached hydrogens (tertiary/aromatic N) is 1. The van der Waals surface area contributed by atoms with Crippen LogP contribution in [-0.2, 0) is 4.74 Å². The first-order valence-electron chi connectivity index (χ1n) is 7.70. The van der Waals surface area contributed by atoms with Crippen molar-refractivity contribution in [3.05, 3.63) is 33.4 Å². The van der Waals surface area contributed by atoms with Gasteiger partial charge in [0.1, 0.15) is 6.10 Å². The molecule has 1 fully saturated rings. The van der Waals surface area contributed by atoms with Crippen molar-refractivity contribution in [3.8, 4) is 0 Å². The number of piperidine rings is 1. The van der Waals surface area contributed by atoms with E-state index in [4.69, 9.17) is 4.74 Å². The van der Waals surface area contributed by atoms with Gasteiger partial charge in [-0.05, 0) is 68.3 Å². The molecule has 0 spiro atoms. The molecule has 1 heterocycles. The number of benzene rings is 1. The Bertz CT molecular complexity index is 487. The molecule has 0 amide bonds. The van der Waals surface area contributed by atoms with Crippen LogP contribution in [0.2, 0.25) is 0 Å². The summed E-state index contributed by atoms with van der Waals surface area (Å²) in [5.74, 6) is -0.218. The molecule has 1 saturated heterocycles. The summed E-state index contributed by atoms with van der Waals surface area (Å²) in [5, 5.41) is 0. The van der Waals surface area contributed by atoms with Gasteiger partial charge in [0, 0.05) is 22.2 Å². The minimum absolute atomic E-state index is 0. The average molecular weight is 438 g/mol. The highest BCUT2D eigenvalue weighted by Gasteiger charge is 2.27. The summed E-state index contributed by atoms with van der Waals surface area (Å²) in [6, 6.07) is 8.70. The maximum Gasteiger partial charge on any atom is 0.339 e. The number of carbonyl (C=O) groups is 1. The minimum atomic E-state index is -0.218. The van der Waals surface area contributed by atoms with Crippen LogP contribution >= 0.6 is 35.0 Å². The summed E-state index contributed by atoms with van der Waals surface area (Å²) >= 11 is 2.17. The Kier molecular flexibility index (Phi) is 8.14. The summed E-state index contributed by atoms with van der Waals surface area (Å²) in [4.78, 5) is 14.7. The minimum Gasteiger partial charge on any atom is -0.458 e. The molecule has 22 heavy (non-hydrogen) atoms. The number of hydrogen-bond donors (Lipinski definition) is 0. The maximum atomic E-state index is 12.2. The molecule has 3 nitrogen and oxygen atoms in total. The Balaban J connectivity index is 0.00000242. The van der Waals surface area contributed by atoms with Gasteiger partial charge in [0.2, 0.25) is 0 Å². The molecule has 0 aromatic heterocycles. The largest absolute Gasteiger partial charge is 0.458 e. The molecule has 2 rings (SSSR count). The van der Waals surface area contributed by atoms with Gasteiger partial charge in [0.15, 0.2) is 0 Å². The van der Waals surface area contributed by atoms with Crippen molar-refractivity contribution in [3.63, 3.8) is 0 Å². The summed E-state index contributed by atoms with van der Waals surface area (Å²) in [5.41, 5.74) is 0.657. The van der Waals surface area contributed by atoms with Crippen LogP contribution in [0, 0.1) is 3.57 Å². The molecule has 0 aliphatic carbocycles. The Labute approximate surface area is 153 Å². The van der Waals surface area contributed by atoms with Crippen molar-refractivity contribution in [2.24, 2.45) is 0 Å². The third-order valence-electron chi connectivity index (χ3n) is 4.25. The van der Waals surface area contributed by atoms with Gasteiger partial charge in [-0.3, -0.25) is 4.90 Å². The number of likely N-dealkylation sites (tertiary alicyclic amines) is 1. The molecule has 3 atom stereocenters. The Morgan fingerprint density at radius 1 is 1.32 bits per heavy atom. The highest BCUT2D eigenvalue weighted by molar-refractivity contribution is 14.1. The molecule has 1 aromatic carbocycles. The predicted octanol–water partition coefficient (Wildman–Crippen LogP) is 4.52. The Morgan fingerprint density at radius 3 is 2.50 bits per heavy atom. The number of rotatable bonds is 4. The fourth-order valence-electron chi connectivity index (χ4n) is 3.04. The molecular weight excluding hydrogens is 413 g/mol. The van der Waals surface area contributed by atoms with Gasteiger partial charge in [-0.15, -0.1) is 12.4 Å². The van der Waals surface area contributed by atoms with Gasteiger partial charge in [-0.1, -0.05) is 18.6 Å².